The van der Waals surface area contributed by atoms with Crippen LogP contribution in [0.4, 0.5) is 0 Å². The lowest BCUT2D eigenvalue weighted by Gasteiger charge is -2.01. The summed E-state index contributed by atoms with van der Waals surface area (Å²) in [6.45, 7) is 1.04. The van der Waals surface area contributed by atoms with Crippen LogP contribution in [0.3, 0.4) is 0 Å². The molecule has 0 saturated heterocycles. The van der Waals surface area contributed by atoms with Gasteiger partial charge in [-0.1, -0.05) is 0 Å². The van der Waals surface area contributed by atoms with E-state index in [2.05, 4.69) is 5.32 Å². The summed E-state index contributed by atoms with van der Waals surface area (Å²) in [4.78, 5) is 42.7. The predicted octanol–water partition coefficient (Wildman–Crippen LogP) is -0.826. The van der Waals surface area contributed by atoms with Crippen LogP contribution in [0.2, 0.25) is 0 Å². The van der Waals surface area contributed by atoms with Crippen LogP contribution >= 0.6 is 11.8 Å². The lowest BCUT2D eigenvalue weighted by atomic mass is 10.3. The average molecular weight is 232 g/mol. The lowest BCUT2D eigenvalue weighted by molar-refractivity contribution is -0.125. The molecule has 15 heavy (non-hydrogen) atoms. The van der Waals surface area contributed by atoms with E-state index in [1.165, 1.54) is 6.92 Å². The van der Waals surface area contributed by atoms with Gasteiger partial charge in [0.2, 0.25) is 16.9 Å². The minimum Gasteiger partial charge on any atom is -0.370 e. The molecular weight excluding hydrogens is 220 g/mol. The molecule has 0 fully saturated rings. The first-order valence-electron chi connectivity index (χ1n) is 4.18. The minimum absolute atomic E-state index is 0.0483. The highest BCUT2D eigenvalue weighted by Crippen LogP contribution is 2.01. The van der Waals surface area contributed by atoms with Crippen LogP contribution in [0.15, 0.2) is 0 Å². The zero-order valence-electron chi connectivity index (χ0n) is 8.24. The average Bonchev–Trinajstić information content (AvgIpc) is 2.10. The van der Waals surface area contributed by atoms with Crippen LogP contribution in [-0.4, -0.2) is 28.6 Å². The molecule has 6 nitrogen and oxygen atoms in total. The second kappa shape index (κ2) is 6.99. The van der Waals surface area contributed by atoms with E-state index in [4.69, 9.17) is 5.73 Å². The molecule has 0 spiro atoms. The number of nitrogens with two attached hydrogens (primary N) is 1. The largest absolute Gasteiger partial charge is 0.370 e. The Morgan fingerprint density at radius 1 is 1.20 bits per heavy atom. The molecule has 0 aromatic carbocycles. The number of hydrogen-bond donors (Lipinski definition) is 2. The maximum Gasteiger partial charge on any atom is 0.220 e. The van der Waals surface area contributed by atoms with E-state index in [1.54, 1.807) is 0 Å². The molecular formula is C8H12N2O4S. The first-order valence-corrected chi connectivity index (χ1v) is 4.99. The standard InChI is InChI=1S/C8H12N2O4S/c1-5(11)15-8(14)4-10-7(13)3-2-6(9)12/h2-4H2,1H3,(H2,9,12)(H,10,13). The van der Waals surface area contributed by atoms with Gasteiger partial charge in [0.15, 0.2) is 5.12 Å². The number of primary amides is 1. The Bertz CT molecular complexity index is 290. The van der Waals surface area contributed by atoms with Gasteiger partial charge in [-0.05, 0) is 11.8 Å². The maximum absolute atomic E-state index is 11.0. The van der Waals surface area contributed by atoms with Crippen molar-refractivity contribution in [2.75, 3.05) is 6.54 Å². The molecule has 3 N–H and O–H groups in total. The summed E-state index contributed by atoms with van der Waals surface area (Å²) in [7, 11) is 0. The number of nitrogens with one attached hydrogen (secondary N) is 1. The Labute approximate surface area is 91.0 Å². The van der Waals surface area contributed by atoms with E-state index in [0.717, 1.165) is 0 Å². The van der Waals surface area contributed by atoms with Gasteiger partial charge in [0.25, 0.3) is 0 Å². The van der Waals surface area contributed by atoms with Gasteiger partial charge >= 0.3 is 0 Å². The molecule has 0 bridgehead atoms. The topological polar surface area (TPSA) is 106 Å². The van der Waals surface area contributed by atoms with Crippen molar-refractivity contribution in [2.24, 2.45) is 5.73 Å². The van der Waals surface area contributed by atoms with Crippen LogP contribution in [0.5, 0.6) is 0 Å². The first-order chi connectivity index (χ1) is 6.91. The normalized spacial score (nSPS) is 9.40. The van der Waals surface area contributed by atoms with Gasteiger partial charge in [0.1, 0.15) is 0 Å². The molecule has 0 heterocycles. The SMILES string of the molecule is CC(=O)SC(=O)CNC(=O)CCC(N)=O. The van der Waals surface area contributed by atoms with E-state index in [1.807, 2.05) is 0 Å². The highest BCUT2D eigenvalue weighted by molar-refractivity contribution is 8.26. The third kappa shape index (κ3) is 8.95. The van der Waals surface area contributed by atoms with Crippen molar-refractivity contribution >= 4 is 33.8 Å². The molecule has 7 heteroatoms. The smallest absolute Gasteiger partial charge is 0.220 e. The number of rotatable bonds is 5. The number of amides is 2. The number of thioether (sulfide) groups is 1. The Morgan fingerprint density at radius 2 is 1.80 bits per heavy atom. The van der Waals surface area contributed by atoms with Crippen LogP contribution < -0.4 is 11.1 Å². The Morgan fingerprint density at radius 3 is 2.27 bits per heavy atom. The number of carbonyl (C=O) groups is 4. The fraction of sp³-hybridized carbons (Fsp3) is 0.500. The Hall–Kier alpha value is -1.37. The highest BCUT2D eigenvalue weighted by Gasteiger charge is 2.09. The monoisotopic (exact) mass is 232 g/mol. The summed E-state index contributed by atoms with van der Waals surface area (Å²) < 4.78 is 0. The van der Waals surface area contributed by atoms with Crippen LogP contribution in [-0.2, 0) is 19.2 Å². The van der Waals surface area contributed by atoms with Gasteiger partial charge in [-0.25, -0.2) is 0 Å². The van der Waals surface area contributed by atoms with Crippen molar-refractivity contribution in [3.05, 3.63) is 0 Å². The van der Waals surface area contributed by atoms with Crippen molar-refractivity contribution in [3.63, 3.8) is 0 Å². The zero-order valence-corrected chi connectivity index (χ0v) is 9.06. The second-order valence-electron chi connectivity index (χ2n) is 2.71. The van der Waals surface area contributed by atoms with Gasteiger partial charge in [0, 0.05) is 19.8 Å². The molecule has 0 rings (SSSR count). The van der Waals surface area contributed by atoms with E-state index in [9.17, 15) is 19.2 Å². The molecule has 84 valence electrons. The Kier molecular flexibility index (Phi) is 6.35. The summed E-state index contributed by atoms with van der Waals surface area (Å²) in [6, 6.07) is 0. The minimum atomic E-state index is -0.574. The Balaban J connectivity index is 3.66. The van der Waals surface area contributed by atoms with Gasteiger partial charge in [0.05, 0.1) is 6.54 Å². The second-order valence-corrected chi connectivity index (χ2v) is 3.94. The van der Waals surface area contributed by atoms with Crippen molar-refractivity contribution in [1.29, 1.82) is 0 Å². The van der Waals surface area contributed by atoms with Gasteiger partial charge in [-0.15, -0.1) is 0 Å². The molecule has 2 amide bonds. The summed E-state index contributed by atoms with van der Waals surface area (Å²) in [5.74, 6) is -1.01. The summed E-state index contributed by atoms with van der Waals surface area (Å²) >= 11 is 0.537. The quantitative estimate of drug-likeness (QED) is 0.643. The van der Waals surface area contributed by atoms with Crippen LogP contribution in [0.25, 0.3) is 0 Å². The van der Waals surface area contributed by atoms with Crippen molar-refractivity contribution in [1.82, 2.24) is 5.32 Å². The fourth-order valence-electron chi connectivity index (χ4n) is 0.692. The number of hydrogen-bond acceptors (Lipinski definition) is 5. The van der Waals surface area contributed by atoms with E-state index < -0.39 is 16.9 Å². The molecule has 0 radical (unpaired) electrons. The summed E-state index contributed by atoms with van der Waals surface area (Å²) in [5.41, 5.74) is 4.83. The molecule has 0 aliphatic rings. The van der Waals surface area contributed by atoms with Crippen molar-refractivity contribution in [2.45, 2.75) is 19.8 Å². The van der Waals surface area contributed by atoms with E-state index in [-0.39, 0.29) is 24.5 Å². The molecule has 0 aliphatic carbocycles. The highest BCUT2D eigenvalue weighted by atomic mass is 32.2. The van der Waals surface area contributed by atoms with Gasteiger partial charge in [-0.3, -0.25) is 19.2 Å². The van der Waals surface area contributed by atoms with Crippen molar-refractivity contribution < 1.29 is 19.2 Å². The molecule has 0 atom stereocenters. The zero-order chi connectivity index (χ0) is 11.8. The molecule has 0 aromatic heterocycles. The van der Waals surface area contributed by atoms with E-state index >= 15 is 0 Å². The first kappa shape index (κ1) is 13.6. The molecule has 0 saturated carbocycles. The number of carbonyl (C=O) groups excluding carboxylic acids is 4. The van der Waals surface area contributed by atoms with Gasteiger partial charge < -0.3 is 11.1 Å². The fourth-order valence-corrected chi connectivity index (χ4v) is 1.16. The summed E-state index contributed by atoms with van der Waals surface area (Å²) in [5, 5.41) is 1.51. The summed E-state index contributed by atoms with van der Waals surface area (Å²) in [6.07, 6.45) is -0.104. The van der Waals surface area contributed by atoms with Crippen LogP contribution in [0, 0.1) is 0 Å². The maximum atomic E-state index is 11.0. The van der Waals surface area contributed by atoms with Crippen LogP contribution in [0.1, 0.15) is 19.8 Å². The molecule has 0 aromatic rings. The van der Waals surface area contributed by atoms with Crippen molar-refractivity contribution in [3.8, 4) is 0 Å². The lowest BCUT2D eigenvalue weighted by Crippen LogP contribution is -2.29. The predicted molar refractivity (Wildman–Crippen MR) is 54.7 cm³/mol. The van der Waals surface area contributed by atoms with Gasteiger partial charge in [-0.2, -0.15) is 0 Å². The third-order valence-electron chi connectivity index (χ3n) is 1.29. The molecule has 0 unspecified atom stereocenters. The third-order valence-corrected chi connectivity index (χ3v) is 1.95. The molecule has 0 aliphatic heterocycles. The van der Waals surface area contributed by atoms with E-state index in [0.29, 0.717) is 11.8 Å².